The average Bonchev–Trinajstić information content (AvgIpc) is 2.48. The number of carbonyl (C=O) groups is 1. The standard InChI is InChI=1S/C18H34O3/c1-2-21-18(20)16-14-12-10-8-6-4-3-5-7-9-11-13-15-17-19/h3,5,19H,2,4,6-17H2,1H3/b5-3+. The van der Waals surface area contributed by atoms with Gasteiger partial charge in [0.15, 0.2) is 0 Å². The minimum atomic E-state index is -0.0561. The first kappa shape index (κ1) is 20.2. The van der Waals surface area contributed by atoms with Crippen molar-refractivity contribution in [3.63, 3.8) is 0 Å². The van der Waals surface area contributed by atoms with Crippen molar-refractivity contribution in [2.24, 2.45) is 0 Å². The third-order valence-electron chi connectivity index (χ3n) is 3.50. The van der Waals surface area contributed by atoms with Gasteiger partial charge in [-0.1, -0.05) is 44.3 Å². The maximum atomic E-state index is 11.1. The summed E-state index contributed by atoms with van der Waals surface area (Å²) in [5.41, 5.74) is 0. The van der Waals surface area contributed by atoms with Gasteiger partial charge in [0.05, 0.1) is 6.61 Å². The predicted molar refractivity (Wildman–Crippen MR) is 88.3 cm³/mol. The number of aliphatic hydroxyl groups excluding tert-OH is 1. The van der Waals surface area contributed by atoms with Crippen LogP contribution in [0.15, 0.2) is 12.2 Å². The Hall–Kier alpha value is -0.830. The van der Waals surface area contributed by atoms with Crippen LogP contribution in [0.1, 0.15) is 84.0 Å². The first-order chi connectivity index (χ1) is 10.3. The molecule has 3 nitrogen and oxygen atoms in total. The zero-order chi connectivity index (χ0) is 15.6. The summed E-state index contributed by atoms with van der Waals surface area (Å²) in [6.45, 7) is 2.67. The number of rotatable bonds is 15. The minimum Gasteiger partial charge on any atom is -0.466 e. The highest BCUT2D eigenvalue weighted by Gasteiger charge is 2.00. The van der Waals surface area contributed by atoms with Crippen LogP contribution in [-0.2, 0) is 9.53 Å². The van der Waals surface area contributed by atoms with Gasteiger partial charge in [-0.05, 0) is 45.4 Å². The van der Waals surface area contributed by atoms with Crippen LogP contribution in [0, 0.1) is 0 Å². The summed E-state index contributed by atoms with van der Waals surface area (Å²) in [7, 11) is 0. The molecule has 0 bridgehead atoms. The van der Waals surface area contributed by atoms with Gasteiger partial charge in [-0.2, -0.15) is 0 Å². The van der Waals surface area contributed by atoms with Gasteiger partial charge in [0, 0.05) is 13.0 Å². The second kappa shape index (κ2) is 17.2. The van der Waals surface area contributed by atoms with Crippen molar-refractivity contribution in [2.45, 2.75) is 84.0 Å². The Morgan fingerprint density at radius 2 is 1.38 bits per heavy atom. The molecule has 0 aliphatic heterocycles. The van der Waals surface area contributed by atoms with Crippen molar-refractivity contribution in [2.75, 3.05) is 13.2 Å². The summed E-state index contributed by atoms with van der Waals surface area (Å²) in [4.78, 5) is 11.1. The molecule has 0 aliphatic rings. The third-order valence-corrected chi connectivity index (χ3v) is 3.50. The van der Waals surface area contributed by atoms with Crippen LogP contribution in [0.2, 0.25) is 0 Å². The number of esters is 1. The summed E-state index contributed by atoms with van der Waals surface area (Å²) in [6.07, 6.45) is 17.9. The van der Waals surface area contributed by atoms with E-state index in [0.29, 0.717) is 19.6 Å². The highest BCUT2D eigenvalue weighted by atomic mass is 16.5. The average molecular weight is 298 g/mol. The van der Waals surface area contributed by atoms with Crippen LogP contribution in [0.3, 0.4) is 0 Å². The number of hydrogen-bond acceptors (Lipinski definition) is 3. The lowest BCUT2D eigenvalue weighted by molar-refractivity contribution is -0.143. The molecule has 21 heavy (non-hydrogen) atoms. The molecule has 1 N–H and O–H groups in total. The Bertz CT molecular complexity index is 249. The molecule has 0 aromatic carbocycles. The number of aliphatic hydroxyl groups is 1. The fourth-order valence-corrected chi connectivity index (χ4v) is 2.26. The van der Waals surface area contributed by atoms with E-state index in [1.54, 1.807) is 0 Å². The van der Waals surface area contributed by atoms with E-state index in [-0.39, 0.29) is 5.97 Å². The lowest BCUT2D eigenvalue weighted by Crippen LogP contribution is -2.03. The summed E-state index contributed by atoms with van der Waals surface area (Å²) >= 11 is 0. The van der Waals surface area contributed by atoms with Crippen LogP contribution in [-0.4, -0.2) is 24.3 Å². The number of carbonyl (C=O) groups excluding carboxylic acids is 1. The third kappa shape index (κ3) is 17.1. The first-order valence-electron chi connectivity index (χ1n) is 8.72. The van der Waals surface area contributed by atoms with Gasteiger partial charge in [-0.25, -0.2) is 0 Å². The van der Waals surface area contributed by atoms with Crippen molar-refractivity contribution in [1.29, 1.82) is 0 Å². The second-order valence-electron chi connectivity index (χ2n) is 5.51. The molecule has 0 rings (SSSR count). The van der Waals surface area contributed by atoms with E-state index in [0.717, 1.165) is 25.7 Å². The molecule has 0 saturated carbocycles. The molecule has 0 aliphatic carbocycles. The van der Waals surface area contributed by atoms with E-state index in [1.165, 1.54) is 44.9 Å². The largest absolute Gasteiger partial charge is 0.466 e. The number of ether oxygens (including phenoxy) is 1. The summed E-state index contributed by atoms with van der Waals surface area (Å²) in [5, 5.41) is 8.66. The van der Waals surface area contributed by atoms with Gasteiger partial charge >= 0.3 is 5.97 Å². The summed E-state index contributed by atoms with van der Waals surface area (Å²) < 4.78 is 4.89. The van der Waals surface area contributed by atoms with E-state index in [1.807, 2.05) is 6.92 Å². The molecule has 0 spiro atoms. The fourth-order valence-electron chi connectivity index (χ4n) is 2.26. The van der Waals surface area contributed by atoms with Crippen LogP contribution >= 0.6 is 0 Å². The van der Waals surface area contributed by atoms with Gasteiger partial charge in [0.2, 0.25) is 0 Å². The van der Waals surface area contributed by atoms with E-state index in [9.17, 15) is 4.79 Å². The second-order valence-corrected chi connectivity index (χ2v) is 5.51. The van der Waals surface area contributed by atoms with Gasteiger partial charge < -0.3 is 9.84 Å². The van der Waals surface area contributed by atoms with Crippen LogP contribution < -0.4 is 0 Å². The molecule has 0 aromatic rings. The zero-order valence-corrected chi connectivity index (χ0v) is 13.8. The Balaban J connectivity index is 3.12. The molecular weight excluding hydrogens is 264 g/mol. The summed E-state index contributed by atoms with van der Waals surface area (Å²) in [6, 6.07) is 0. The van der Waals surface area contributed by atoms with Crippen LogP contribution in [0.5, 0.6) is 0 Å². The number of allylic oxidation sites excluding steroid dienone is 2. The molecule has 0 aromatic heterocycles. The molecule has 0 heterocycles. The molecule has 0 fully saturated rings. The highest BCUT2D eigenvalue weighted by Crippen LogP contribution is 2.09. The Morgan fingerprint density at radius 3 is 1.95 bits per heavy atom. The molecular formula is C18H34O3. The quantitative estimate of drug-likeness (QED) is 0.269. The van der Waals surface area contributed by atoms with E-state index < -0.39 is 0 Å². The fraction of sp³-hybridized carbons (Fsp3) is 0.833. The highest BCUT2D eigenvalue weighted by molar-refractivity contribution is 5.69. The van der Waals surface area contributed by atoms with E-state index >= 15 is 0 Å². The van der Waals surface area contributed by atoms with Gasteiger partial charge in [-0.15, -0.1) is 0 Å². The topological polar surface area (TPSA) is 46.5 Å². The smallest absolute Gasteiger partial charge is 0.305 e. The van der Waals surface area contributed by atoms with Crippen molar-refractivity contribution >= 4 is 5.97 Å². The molecule has 0 amide bonds. The maximum Gasteiger partial charge on any atom is 0.305 e. The number of unbranched alkanes of at least 4 members (excludes halogenated alkanes) is 9. The SMILES string of the molecule is CCOC(=O)CCCCCCC/C=C/CCCCCCO. The maximum absolute atomic E-state index is 11.1. The van der Waals surface area contributed by atoms with Gasteiger partial charge in [-0.3, -0.25) is 4.79 Å². The van der Waals surface area contributed by atoms with Gasteiger partial charge in [0.1, 0.15) is 0 Å². The van der Waals surface area contributed by atoms with Crippen LogP contribution in [0.4, 0.5) is 0 Å². The number of hydrogen-bond donors (Lipinski definition) is 1. The molecule has 0 atom stereocenters. The van der Waals surface area contributed by atoms with Crippen molar-refractivity contribution in [3.8, 4) is 0 Å². The Morgan fingerprint density at radius 1 is 0.857 bits per heavy atom. The van der Waals surface area contributed by atoms with E-state index in [4.69, 9.17) is 9.84 Å². The monoisotopic (exact) mass is 298 g/mol. The molecule has 0 radical (unpaired) electrons. The molecule has 3 heteroatoms. The lowest BCUT2D eigenvalue weighted by Gasteiger charge is -2.01. The Labute approximate surface area is 130 Å². The van der Waals surface area contributed by atoms with Crippen molar-refractivity contribution in [1.82, 2.24) is 0 Å². The zero-order valence-electron chi connectivity index (χ0n) is 13.8. The normalized spacial score (nSPS) is 11.1. The van der Waals surface area contributed by atoms with Crippen molar-refractivity contribution in [3.05, 3.63) is 12.2 Å². The molecule has 0 saturated heterocycles. The molecule has 124 valence electrons. The lowest BCUT2D eigenvalue weighted by atomic mass is 10.1. The van der Waals surface area contributed by atoms with Gasteiger partial charge in [0.25, 0.3) is 0 Å². The predicted octanol–water partition coefficient (Wildman–Crippen LogP) is 4.78. The summed E-state index contributed by atoms with van der Waals surface area (Å²) in [5.74, 6) is -0.0561. The minimum absolute atomic E-state index is 0.0561. The Kier molecular flexibility index (Phi) is 16.5. The molecule has 0 unspecified atom stereocenters. The van der Waals surface area contributed by atoms with E-state index in [2.05, 4.69) is 12.2 Å². The first-order valence-corrected chi connectivity index (χ1v) is 8.72. The van der Waals surface area contributed by atoms with Crippen molar-refractivity contribution < 1.29 is 14.6 Å². The van der Waals surface area contributed by atoms with Crippen LogP contribution in [0.25, 0.3) is 0 Å².